The molecule has 0 atom stereocenters. The van der Waals surface area contributed by atoms with Gasteiger partial charge in [0.2, 0.25) is 0 Å². The fourth-order valence-electron chi connectivity index (χ4n) is 2.03. The van der Waals surface area contributed by atoms with Crippen LogP contribution in [0.2, 0.25) is 0 Å². The fourth-order valence-corrected chi connectivity index (χ4v) is 2.39. The van der Waals surface area contributed by atoms with E-state index in [-0.39, 0.29) is 5.56 Å². The van der Waals surface area contributed by atoms with E-state index in [1.165, 1.54) is 4.68 Å². The van der Waals surface area contributed by atoms with Gasteiger partial charge in [0.25, 0.3) is 5.56 Å². The van der Waals surface area contributed by atoms with Gasteiger partial charge in [-0.3, -0.25) is 9.89 Å². The summed E-state index contributed by atoms with van der Waals surface area (Å²) in [6, 6.07) is 17.0. The molecule has 0 aliphatic carbocycles. The van der Waals surface area contributed by atoms with Gasteiger partial charge < -0.3 is 0 Å². The van der Waals surface area contributed by atoms with Crippen molar-refractivity contribution in [2.75, 3.05) is 0 Å². The van der Waals surface area contributed by atoms with Gasteiger partial charge in [0.15, 0.2) is 5.69 Å². The number of hydrogen-bond acceptors (Lipinski definition) is 3. The molecule has 0 fully saturated rings. The average Bonchev–Trinajstić information content (AvgIpc) is 2.82. The van der Waals surface area contributed by atoms with Gasteiger partial charge in [-0.1, -0.05) is 18.2 Å². The lowest BCUT2D eigenvalue weighted by Gasteiger charge is -1.99. The van der Waals surface area contributed by atoms with Crippen LogP contribution in [0.5, 0.6) is 0 Å². The third-order valence-corrected chi connectivity index (χ3v) is 3.87. The summed E-state index contributed by atoms with van der Waals surface area (Å²) >= 11 is 2.23. The van der Waals surface area contributed by atoms with Gasteiger partial charge in [0.1, 0.15) is 0 Å². The highest BCUT2D eigenvalue weighted by Gasteiger charge is 2.11. The number of hydrogen-bond donors (Lipinski definition) is 1. The Kier molecular flexibility index (Phi) is 4.19. The van der Waals surface area contributed by atoms with Gasteiger partial charge >= 0.3 is 0 Å². The Hall–Kier alpha value is -2.22. The van der Waals surface area contributed by atoms with Crippen LogP contribution >= 0.6 is 22.6 Å². The van der Waals surface area contributed by atoms with E-state index in [2.05, 4.69) is 37.9 Å². The molecule has 2 aromatic carbocycles. The highest BCUT2D eigenvalue weighted by molar-refractivity contribution is 14.1. The standard InChI is InChI=1S/C16H13IN4O/c1-11-15(19-18-13-9-7-12(17)8-10-13)16(22)21(20-11)14-5-3-2-4-6-14/h2-10,20H,1H3. The van der Waals surface area contributed by atoms with Crippen molar-refractivity contribution in [3.63, 3.8) is 0 Å². The predicted molar refractivity (Wildman–Crippen MR) is 94.5 cm³/mol. The van der Waals surface area contributed by atoms with Gasteiger partial charge in [-0.05, 0) is 65.9 Å². The van der Waals surface area contributed by atoms with E-state index >= 15 is 0 Å². The molecule has 6 heteroatoms. The van der Waals surface area contributed by atoms with Crippen molar-refractivity contribution < 1.29 is 0 Å². The summed E-state index contributed by atoms with van der Waals surface area (Å²) in [5, 5.41) is 11.3. The Balaban J connectivity index is 1.97. The summed E-state index contributed by atoms with van der Waals surface area (Å²) in [4.78, 5) is 12.4. The van der Waals surface area contributed by atoms with Crippen LogP contribution in [0.25, 0.3) is 5.69 Å². The number of H-pyrrole nitrogens is 1. The minimum atomic E-state index is -0.210. The van der Waals surface area contributed by atoms with E-state index in [0.29, 0.717) is 17.1 Å². The number of para-hydroxylation sites is 1. The Morgan fingerprint density at radius 1 is 1.00 bits per heavy atom. The van der Waals surface area contributed by atoms with Crippen molar-refractivity contribution in [2.45, 2.75) is 6.92 Å². The van der Waals surface area contributed by atoms with Crippen molar-refractivity contribution in [3.05, 3.63) is 74.2 Å². The zero-order chi connectivity index (χ0) is 15.5. The highest BCUT2D eigenvalue weighted by Crippen LogP contribution is 2.19. The second kappa shape index (κ2) is 6.27. The summed E-state index contributed by atoms with van der Waals surface area (Å²) < 4.78 is 2.60. The van der Waals surface area contributed by atoms with Crippen molar-refractivity contribution in [1.29, 1.82) is 0 Å². The molecular formula is C16H13IN4O. The first kappa shape index (κ1) is 14.7. The molecule has 0 saturated carbocycles. The molecular weight excluding hydrogens is 391 g/mol. The fraction of sp³-hybridized carbons (Fsp3) is 0.0625. The number of nitrogens with zero attached hydrogens (tertiary/aromatic N) is 3. The molecule has 1 aromatic heterocycles. The largest absolute Gasteiger partial charge is 0.299 e. The molecule has 0 unspecified atom stereocenters. The summed E-state index contributed by atoms with van der Waals surface area (Å²) in [7, 11) is 0. The smallest absolute Gasteiger partial charge is 0.293 e. The molecule has 5 nitrogen and oxygen atoms in total. The number of rotatable bonds is 3. The molecule has 1 heterocycles. The predicted octanol–water partition coefficient (Wildman–Crippen LogP) is 4.49. The third-order valence-electron chi connectivity index (χ3n) is 3.15. The number of azo groups is 1. The number of aromatic amines is 1. The topological polar surface area (TPSA) is 62.5 Å². The Morgan fingerprint density at radius 3 is 2.36 bits per heavy atom. The third kappa shape index (κ3) is 3.01. The van der Waals surface area contributed by atoms with E-state index in [4.69, 9.17) is 0 Å². The molecule has 3 rings (SSSR count). The molecule has 0 saturated heterocycles. The minimum Gasteiger partial charge on any atom is -0.293 e. The van der Waals surface area contributed by atoms with Gasteiger partial charge in [0, 0.05) is 3.57 Å². The van der Waals surface area contributed by atoms with Crippen LogP contribution in [0, 0.1) is 10.5 Å². The molecule has 0 aliphatic rings. The molecule has 0 radical (unpaired) electrons. The highest BCUT2D eigenvalue weighted by atomic mass is 127. The first-order valence-electron chi connectivity index (χ1n) is 6.69. The van der Waals surface area contributed by atoms with E-state index in [0.717, 1.165) is 9.26 Å². The van der Waals surface area contributed by atoms with E-state index in [9.17, 15) is 4.79 Å². The van der Waals surface area contributed by atoms with Crippen molar-refractivity contribution in [1.82, 2.24) is 9.78 Å². The Labute approximate surface area is 140 Å². The molecule has 1 N–H and O–H groups in total. The molecule has 0 aliphatic heterocycles. The van der Waals surface area contributed by atoms with Crippen molar-refractivity contribution >= 4 is 34.0 Å². The Morgan fingerprint density at radius 2 is 1.68 bits per heavy atom. The van der Waals surface area contributed by atoms with Crippen LogP contribution in [0.15, 0.2) is 69.6 Å². The van der Waals surface area contributed by atoms with Gasteiger partial charge in [0.05, 0.1) is 17.1 Å². The molecule has 22 heavy (non-hydrogen) atoms. The number of halogens is 1. The zero-order valence-electron chi connectivity index (χ0n) is 11.8. The molecule has 3 aromatic rings. The SMILES string of the molecule is Cc1[nH]n(-c2ccccc2)c(=O)c1N=Nc1ccc(I)cc1. The summed E-state index contributed by atoms with van der Waals surface area (Å²) in [5.41, 5.74) is 2.28. The van der Waals surface area contributed by atoms with Crippen LogP contribution < -0.4 is 5.56 Å². The molecule has 0 amide bonds. The number of aromatic nitrogens is 2. The van der Waals surface area contributed by atoms with E-state index in [1.54, 1.807) is 0 Å². The van der Waals surface area contributed by atoms with Crippen molar-refractivity contribution in [2.24, 2.45) is 10.2 Å². The maximum Gasteiger partial charge on any atom is 0.299 e. The molecule has 0 spiro atoms. The lowest BCUT2D eigenvalue weighted by Crippen LogP contribution is -2.13. The molecule has 0 bridgehead atoms. The summed E-state index contributed by atoms with van der Waals surface area (Å²) in [6.07, 6.45) is 0. The quantitative estimate of drug-likeness (QED) is 0.507. The first-order valence-corrected chi connectivity index (χ1v) is 7.77. The average molecular weight is 404 g/mol. The van der Waals surface area contributed by atoms with Crippen LogP contribution in [-0.4, -0.2) is 9.78 Å². The van der Waals surface area contributed by atoms with Crippen molar-refractivity contribution in [3.8, 4) is 5.69 Å². The van der Waals surface area contributed by atoms with Gasteiger partial charge in [-0.2, -0.15) is 5.11 Å². The van der Waals surface area contributed by atoms with Crippen LogP contribution in [0.3, 0.4) is 0 Å². The van der Waals surface area contributed by atoms with E-state index < -0.39 is 0 Å². The number of nitrogens with one attached hydrogen (secondary N) is 1. The van der Waals surface area contributed by atoms with Crippen LogP contribution in [0.4, 0.5) is 11.4 Å². The monoisotopic (exact) mass is 404 g/mol. The lowest BCUT2D eigenvalue weighted by molar-refractivity contribution is 0.835. The van der Waals surface area contributed by atoms with Crippen LogP contribution in [0.1, 0.15) is 5.69 Å². The summed E-state index contributed by atoms with van der Waals surface area (Å²) in [5.74, 6) is 0. The maximum atomic E-state index is 12.4. The lowest BCUT2D eigenvalue weighted by atomic mass is 10.3. The number of benzene rings is 2. The molecule has 110 valence electrons. The zero-order valence-corrected chi connectivity index (χ0v) is 14.0. The normalized spacial score (nSPS) is 11.2. The van der Waals surface area contributed by atoms with Crippen LogP contribution in [-0.2, 0) is 0 Å². The van der Waals surface area contributed by atoms with Gasteiger partial charge in [-0.25, -0.2) is 4.68 Å². The minimum absolute atomic E-state index is 0.210. The first-order chi connectivity index (χ1) is 10.6. The number of aryl methyl sites for hydroxylation is 1. The second-order valence-electron chi connectivity index (χ2n) is 4.74. The van der Waals surface area contributed by atoms with Gasteiger partial charge in [-0.15, -0.1) is 5.11 Å². The maximum absolute atomic E-state index is 12.4. The summed E-state index contributed by atoms with van der Waals surface area (Å²) in [6.45, 7) is 1.81. The Bertz CT molecular complexity index is 863. The van der Waals surface area contributed by atoms with E-state index in [1.807, 2.05) is 61.5 Å². The second-order valence-corrected chi connectivity index (χ2v) is 5.98.